The van der Waals surface area contributed by atoms with Crippen molar-refractivity contribution in [1.29, 1.82) is 0 Å². The van der Waals surface area contributed by atoms with Crippen LogP contribution in [0, 0.1) is 0 Å². The molecule has 1 aliphatic carbocycles. The molecule has 0 heterocycles. The first-order valence-electron chi connectivity index (χ1n) is 6.82. The zero-order valence-electron chi connectivity index (χ0n) is 11.4. The van der Waals surface area contributed by atoms with Crippen LogP contribution in [0.2, 0.25) is 0 Å². The van der Waals surface area contributed by atoms with Crippen LogP contribution < -0.4 is 11.2 Å². The van der Waals surface area contributed by atoms with E-state index in [1.54, 1.807) is 0 Å². The van der Waals surface area contributed by atoms with E-state index in [4.69, 9.17) is 5.73 Å². The lowest BCUT2D eigenvalue weighted by molar-refractivity contribution is 0.185. The summed E-state index contributed by atoms with van der Waals surface area (Å²) >= 11 is 3.56. The Hall–Kier alpha value is -0.475. The van der Waals surface area contributed by atoms with Crippen molar-refractivity contribution in [2.45, 2.75) is 44.7 Å². The summed E-state index contributed by atoms with van der Waals surface area (Å²) in [6.45, 7) is 0.955. The molecule has 4 heteroatoms. The lowest BCUT2D eigenvalue weighted by Crippen LogP contribution is -2.33. The lowest BCUT2D eigenvalue weighted by atomic mass is 9.91. The maximum Gasteiger partial charge on any atom is 0.142 e. The van der Waals surface area contributed by atoms with Crippen LogP contribution in [-0.2, 0) is 6.54 Å². The second-order valence-corrected chi connectivity index (χ2v) is 6.42. The smallest absolute Gasteiger partial charge is 0.142 e. The highest BCUT2D eigenvalue weighted by molar-refractivity contribution is 9.10. The van der Waals surface area contributed by atoms with Gasteiger partial charge in [0.1, 0.15) is 7.85 Å². The molecule has 1 fully saturated rings. The molecular formula is C14H22BBrN2. The average Bonchev–Trinajstić information content (AvgIpc) is 2.36. The maximum absolute atomic E-state index is 6.18. The van der Waals surface area contributed by atoms with Gasteiger partial charge in [-0.1, -0.05) is 46.7 Å². The van der Waals surface area contributed by atoms with Gasteiger partial charge in [0.15, 0.2) is 0 Å². The Bertz CT molecular complexity index is 417. The molecule has 0 amide bonds. The molecule has 1 aromatic carbocycles. The summed E-state index contributed by atoms with van der Waals surface area (Å²) in [5.74, 6) is 0. The molecule has 0 aliphatic heterocycles. The van der Waals surface area contributed by atoms with Crippen molar-refractivity contribution in [3.05, 3.63) is 22.2 Å². The molecule has 0 atom stereocenters. The minimum atomic E-state index is 0.734. The van der Waals surface area contributed by atoms with E-state index in [9.17, 15) is 0 Å². The first-order valence-corrected chi connectivity index (χ1v) is 7.62. The fraction of sp³-hybridized carbons (Fsp3) is 0.571. The van der Waals surface area contributed by atoms with E-state index >= 15 is 0 Å². The number of halogens is 1. The van der Waals surface area contributed by atoms with Gasteiger partial charge in [-0.05, 0) is 31.5 Å². The number of hydrogen-bond donors (Lipinski definition) is 1. The van der Waals surface area contributed by atoms with Crippen molar-refractivity contribution in [3.63, 3.8) is 0 Å². The third-order valence-electron chi connectivity index (χ3n) is 4.06. The third kappa shape index (κ3) is 3.30. The molecule has 0 saturated heterocycles. The van der Waals surface area contributed by atoms with Gasteiger partial charge in [0.2, 0.25) is 0 Å². The highest BCUT2D eigenvalue weighted by Crippen LogP contribution is 2.24. The van der Waals surface area contributed by atoms with Gasteiger partial charge in [0.25, 0.3) is 0 Å². The third-order valence-corrected chi connectivity index (χ3v) is 4.51. The molecule has 18 heavy (non-hydrogen) atoms. The number of nitrogens with zero attached hydrogens (tertiary/aromatic N) is 1. The molecule has 2 rings (SSSR count). The molecule has 0 bridgehead atoms. The summed E-state index contributed by atoms with van der Waals surface area (Å²) in [5, 5.41) is 0. The maximum atomic E-state index is 6.18. The molecule has 98 valence electrons. The van der Waals surface area contributed by atoms with Crippen LogP contribution in [0.5, 0.6) is 0 Å². The van der Waals surface area contributed by atoms with E-state index in [0.29, 0.717) is 0 Å². The zero-order valence-corrected chi connectivity index (χ0v) is 13.0. The van der Waals surface area contributed by atoms with Gasteiger partial charge in [0, 0.05) is 22.7 Å². The molecule has 0 unspecified atom stereocenters. The Kier molecular flexibility index (Phi) is 4.74. The first kappa shape index (κ1) is 13.9. The minimum Gasteiger partial charge on any atom is -0.399 e. The van der Waals surface area contributed by atoms with Gasteiger partial charge in [0.05, 0.1) is 0 Å². The van der Waals surface area contributed by atoms with Crippen LogP contribution in [-0.4, -0.2) is 25.8 Å². The van der Waals surface area contributed by atoms with E-state index in [1.165, 1.54) is 37.7 Å². The Morgan fingerprint density at radius 1 is 1.33 bits per heavy atom. The standard InChI is InChI=1S/C14H22BBrN2/c1-18(12-5-3-2-4-6-12)9-10-7-11(16)8-13(15)14(10)17/h7-8,12H,2-6,9,15,17H2,1H3. The molecule has 0 aromatic heterocycles. The van der Waals surface area contributed by atoms with Crippen LogP contribution in [0.15, 0.2) is 16.6 Å². The number of nitrogen functional groups attached to an aromatic ring is 1. The monoisotopic (exact) mass is 308 g/mol. The quantitative estimate of drug-likeness (QED) is 0.684. The largest absolute Gasteiger partial charge is 0.399 e. The van der Waals surface area contributed by atoms with Crippen LogP contribution in [0.4, 0.5) is 5.69 Å². The van der Waals surface area contributed by atoms with E-state index in [1.807, 2.05) is 0 Å². The van der Waals surface area contributed by atoms with Crippen molar-refractivity contribution >= 4 is 34.9 Å². The van der Waals surface area contributed by atoms with Crippen molar-refractivity contribution < 1.29 is 0 Å². The van der Waals surface area contributed by atoms with Crippen LogP contribution in [0.3, 0.4) is 0 Å². The Labute approximate surface area is 119 Å². The van der Waals surface area contributed by atoms with Gasteiger partial charge in [-0.25, -0.2) is 0 Å². The lowest BCUT2D eigenvalue weighted by Gasteiger charge is -2.31. The first-order chi connectivity index (χ1) is 8.58. The molecule has 0 radical (unpaired) electrons. The summed E-state index contributed by atoms with van der Waals surface area (Å²) in [6.07, 6.45) is 6.83. The van der Waals surface area contributed by atoms with E-state index in [0.717, 1.165) is 28.2 Å². The topological polar surface area (TPSA) is 29.3 Å². The number of benzene rings is 1. The molecule has 1 saturated carbocycles. The molecule has 2 nitrogen and oxygen atoms in total. The van der Waals surface area contributed by atoms with Gasteiger partial charge in [-0.15, -0.1) is 0 Å². The number of anilines is 1. The second-order valence-electron chi connectivity index (χ2n) is 5.50. The predicted octanol–water partition coefficient (Wildman–Crippen LogP) is 2.05. The van der Waals surface area contributed by atoms with Gasteiger partial charge < -0.3 is 5.73 Å². The Balaban J connectivity index is 2.08. The Morgan fingerprint density at radius 2 is 2.00 bits per heavy atom. The summed E-state index contributed by atoms with van der Waals surface area (Å²) in [4.78, 5) is 2.47. The highest BCUT2D eigenvalue weighted by Gasteiger charge is 2.18. The molecular weight excluding hydrogens is 287 g/mol. The summed E-state index contributed by atoms with van der Waals surface area (Å²) in [5.41, 5.74) is 9.54. The predicted molar refractivity (Wildman–Crippen MR) is 85.1 cm³/mol. The summed E-state index contributed by atoms with van der Waals surface area (Å²) < 4.78 is 1.13. The van der Waals surface area contributed by atoms with Gasteiger partial charge in [-0.2, -0.15) is 0 Å². The normalized spacial score (nSPS) is 17.3. The molecule has 0 spiro atoms. The van der Waals surface area contributed by atoms with Crippen molar-refractivity contribution in [3.8, 4) is 0 Å². The number of nitrogens with two attached hydrogens (primary N) is 1. The Morgan fingerprint density at radius 3 is 2.67 bits per heavy atom. The van der Waals surface area contributed by atoms with Crippen molar-refractivity contribution in [1.82, 2.24) is 4.90 Å². The van der Waals surface area contributed by atoms with Crippen molar-refractivity contribution in [2.75, 3.05) is 12.8 Å². The molecule has 1 aliphatic rings. The summed E-state index contributed by atoms with van der Waals surface area (Å²) in [6, 6.07) is 4.97. The fourth-order valence-corrected chi connectivity index (χ4v) is 3.49. The van der Waals surface area contributed by atoms with Crippen LogP contribution in [0.1, 0.15) is 37.7 Å². The van der Waals surface area contributed by atoms with Crippen LogP contribution in [0.25, 0.3) is 0 Å². The van der Waals surface area contributed by atoms with Crippen molar-refractivity contribution in [2.24, 2.45) is 0 Å². The molecule has 2 N–H and O–H groups in total. The SMILES string of the molecule is Bc1cc(Br)cc(CN(C)C2CCCCC2)c1N. The highest BCUT2D eigenvalue weighted by atomic mass is 79.9. The van der Waals surface area contributed by atoms with Gasteiger partial charge >= 0.3 is 0 Å². The number of hydrogen-bond acceptors (Lipinski definition) is 2. The van der Waals surface area contributed by atoms with E-state index < -0.39 is 0 Å². The fourth-order valence-electron chi connectivity index (χ4n) is 2.87. The summed E-state index contributed by atoms with van der Waals surface area (Å²) in [7, 11) is 4.30. The van der Waals surface area contributed by atoms with E-state index in [2.05, 4.69) is 47.9 Å². The minimum absolute atomic E-state index is 0.734. The average molecular weight is 309 g/mol. The van der Waals surface area contributed by atoms with Gasteiger partial charge in [-0.3, -0.25) is 4.90 Å². The number of rotatable bonds is 3. The zero-order chi connectivity index (χ0) is 13.1. The van der Waals surface area contributed by atoms with Crippen LogP contribution >= 0.6 is 15.9 Å². The molecule has 1 aromatic rings. The van der Waals surface area contributed by atoms with E-state index in [-0.39, 0.29) is 0 Å². The second kappa shape index (κ2) is 6.11.